The Morgan fingerprint density at radius 2 is 1.58 bits per heavy atom. The van der Waals surface area contributed by atoms with E-state index in [1.54, 1.807) is 43.4 Å². The lowest BCUT2D eigenvalue weighted by molar-refractivity contribution is -0.113. The van der Waals surface area contributed by atoms with Crippen molar-refractivity contribution in [1.29, 1.82) is 0 Å². The van der Waals surface area contributed by atoms with Crippen LogP contribution in [0, 0.1) is 6.92 Å². The van der Waals surface area contributed by atoms with Crippen molar-refractivity contribution in [3.63, 3.8) is 0 Å². The van der Waals surface area contributed by atoms with Crippen molar-refractivity contribution in [2.75, 3.05) is 23.0 Å². The van der Waals surface area contributed by atoms with E-state index in [1.807, 2.05) is 49.4 Å². The minimum atomic E-state index is -3.71. The van der Waals surface area contributed by atoms with E-state index in [4.69, 9.17) is 0 Å². The number of nitrogens with one attached hydrogen (secondary N) is 1. The average Bonchev–Trinajstić information content (AvgIpc) is 2.74. The number of benzene rings is 3. The van der Waals surface area contributed by atoms with Crippen LogP contribution in [0.2, 0.25) is 0 Å². The third-order valence-corrected chi connectivity index (χ3v) is 6.17. The van der Waals surface area contributed by atoms with Gasteiger partial charge in [0, 0.05) is 24.0 Å². The van der Waals surface area contributed by atoms with E-state index in [0.717, 1.165) is 11.3 Å². The molecule has 0 spiro atoms. The summed E-state index contributed by atoms with van der Waals surface area (Å²) in [6, 6.07) is 22.7. The fourth-order valence-electron chi connectivity index (χ4n) is 3.10. The van der Waals surface area contributed by atoms with Crippen LogP contribution in [0.1, 0.15) is 21.5 Å². The lowest BCUT2D eigenvalue weighted by atomic mass is 10.1. The molecule has 0 aliphatic heterocycles. The van der Waals surface area contributed by atoms with E-state index in [-0.39, 0.29) is 11.7 Å². The molecule has 6 nitrogen and oxygen atoms in total. The van der Waals surface area contributed by atoms with Gasteiger partial charge in [0.15, 0.2) is 9.84 Å². The number of para-hydroxylation sites is 1. The fraction of sp³-hybridized carbons (Fsp3) is 0.167. The maximum absolute atomic E-state index is 12.8. The van der Waals surface area contributed by atoms with Crippen LogP contribution in [-0.2, 0) is 20.4 Å². The SMILES string of the molecule is Cc1ccc(NC(=O)CS(=O)(=O)Cc2cccc(C(=O)N(C)c3ccccc3)c2)cc1. The summed E-state index contributed by atoms with van der Waals surface area (Å²) in [6.07, 6.45) is 0. The molecule has 0 radical (unpaired) electrons. The summed E-state index contributed by atoms with van der Waals surface area (Å²) in [5.41, 5.74) is 3.15. The minimum Gasteiger partial charge on any atom is -0.325 e. The average molecular weight is 437 g/mol. The Bertz CT molecular complexity index is 1170. The molecule has 7 heteroatoms. The molecular formula is C24H24N2O4S. The number of rotatable bonds is 7. The Morgan fingerprint density at radius 1 is 0.903 bits per heavy atom. The highest BCUT2D eigenvalue weighted by Crippen LogP contribution is 2.17. The molecule has 1 N–H and O–H groups in total. The highest BCUT2D eigenvalue weighted by atomic mass is 32.2. The molecule has 2 amide bonds. The second-order valence-corrected chi connectivity index (χ2v) is 9.41. The molecule has 0 fully saturated rings. The van der Waals surface area contributed by atoms with Crippen molar-refractivity contribution < 1.29 is 18.0 Å². The van der Waals surface area contributed by atoms with Gasteiger partial charge in [0.1, 0.15) is 5.75 Å². The van der Waals surface area contributed by atoms with Crippen LogP contribution >= 0.6 is 0 Å². The summed E-state index contributed by atoms with van der Waals surface area (Å²) in [5.74, 6) is -1.81. The summed E-state index contributed by atoms with van der Waals surface area (Å²) >= 11 is 0. The van der Waals surface area contributed by atoms with Crippen LogP contribution in [0.4, 0.5) is 11.4 Å². The zero-order valence-corrected chi connectivity index (χ0v) is 18.2. The maximum Gasteiger partial charge on any atom is 0.258 e. The number of hydrogen-bond acceptors (Lipinski definition) is 4. The molecule has 0 heterocycles. The summed E-state index contributed by atoms with van der Waals surface area (Å²) in [6.45, 7) is 1.92. The van der Waals surface area contributed by atoms with Crippen molar-refractivity contribution in [3.05, 3.63) is 95.6 Å². The normalized spacial score (nSPS) is 11.0. The Kier molecular flexibility index (Phi) is 6.87. The molecule has 0 atom stereocenters. The number of sulfone groups is 1. The van der Waals surface area contributed by atoms with Crippen molar-refractivity contribution in [2.24, 2.45) is 0 Å². The maximum atomic E-state index is 12.8. The van der Waals surface area contributed by atoms with E-state index in [1.165, 1.54) is 4.90 Å². The first-order valence-electron chi connectivity index (χ1n) is 9.72. The Balaban J connectivity index is 1.67. The van der Waals surface area contributed by atoms with Crippen molar-refractivity contribution in [2.45, 2.75) is 12.7 Å². The lowest BCUT2D eigenvalue weighted by Gasteiger charge is -2.17. The first kappa shape index (κ1) is 22.2. The highest BCUT2D eigenvalue weighted by Gasteiger charge is 2.19. The van der Waals surface area contributed by atoms with Gasteiger partial charge in [0.2, 0.25) is 5.91 Å². The van der Waals surface area contributed by atoms with Crippen LogP contribution in [0.25, 0.3) is 0 Å². The largest absolute Gasteiger partial charge is 0.325 e. The summed E-state index contributed by atoms with van der Waals surface area (Å²) < 4.78 is 25.1. The molecule has 0 aliphatic carbocycles. The van der Waals surface area contributed by atoms with Gasteiger partial charge in [0.05, 0.1) is 5.75 Å². The molecule has 31 heavy (non-hydrogen) atoms. The zero-order valence-electron chi connectivity index (χ0n) is 17.4. The van der Waals surface area contributed by atoms with E-state index >= 15 is 0 Å². The summed E-state index contributed by atoms with van der Waals surface area (Å²) in [7, 11) is -2.05. The molecule has 3 aromatic carbocycles. The van der Waals surface area contributed by atoms with Gasteiger partial charge in [-0.3, -0.25) is 9.59 Å². The van der Waals surface area contributed by atoms with Crippen LogP contribution in [0.3, 0.4) is 0 Å². The number of amides is 2. The van der Waals surface area contributed by atoms with Gasteiger partial charge in [-0.15, -0.1) is 0 Å². The van der Waals surface area contributed by atoms with Crippen LogP contribution in [0.5, 0.6) is 0 Å². The predicted molar refractivity (Wildman–Crippen MR) is 123 cm³/mol. The standard InChI is InChI=1S/C24H24N2O4S/c1-18-11-13-21(14-12-18)25-23(27)17-31(29,30)16-19-7-6-8-20(15-19)24(28)26(2)22-9-4-3-5-10-22/h3-15H,16-17H2,1-2H3,(H,25,27). The molecule has 0 aromatic heterocycles. The molecule has 0 unspecified atom stereocenters. The van der Waals surface area contributed by atoms with Gasteiger partial charge in [-0.2, -0.15) is 0 Å². The van der Waals surface area contributed by atoms with Gasteiger partial charge in [-0.1, -0.05) is 48.0 Å². The predicted octanol–water partition coefficient (Wildman–Crippen LogP) is 3.83. The van der Waals surface area contributed by atoms with Gasteiger partial charge in [-0.25, -0.2) is 8.42 Å². The second-order valence-electron chi connectivity index (χ2n) is 7.35. The van der Waals surface area contributed by atoms with Gasteiger partial charge in [-0.05, 0) is 48.9 Å². The van der Waals surface area contributed by atoms with E-state index in [2.05, 4.69) is 5.32 Å². The molecule has 0 saturated carbocycles. The van der Waals surface area contributed by atoms with E-state index in [9.17, 15) is 18.0 Å². The first-order valence-corrected chi connectivity index (χ1v) is 11.5. The zero-order chi connectivity index (χ0) is 22.4. The summed E-state index contributed by atoms with van der Waals surface area (Å²) in [4.78, 5) is 26.5. The highest BCUT2D eigenvalue weighted by molar-refractivity contribution is 7.91. The number of carbonyl (C=O) groups excluding carboxylic acids is 2. The van der Waals surface area contributed by atoms with E-state index < -0.39 is 21.5 Å². The number of carbonyl (C=O) groups is 2. The van der Waals surface area contributed by atoms with E-state index in [0.29, 0.717) is 16.8 Å². The van der Waals surface area contributed by atoms with Gasteiger partial charge < -0.3 is 10.2 Å². The third-order valence-electron chi connectivity index (χ3n) is 4.69. The molecule has 3 aromatic rings. The van der Waals surface area contributed by atoms with Crippen LogP contribution in [-0.4, -0.2) is 33.0 Å². The monoisotopic (exact) mass is 436 g/mol. The molecule has 0 saturated heterocycles. The first-order chi connectivity index (χ1) is 14.7. The number of nitrogens with zero attached hydrogens (tertiary/aromatic N) is 1. The Morgan fingerprint density at radius 3 is 2.26 bits per heavy atom. The molecule has 3 rings (SSSR count). The van der Waals surface area contributed by atoms with Crippen LogP contribution < -0.4 is 10.2 Å². The molecular weight excluding hydrogens is 412 g/mol. The smallest absolute Gasteiger partial charge is 0.258 e. The second kappa shape index (κ2) is 9.57. The van der Waals surface area contributed by atoms with Crippen molar-refractivity contribution in [1.82, 2.24) is 0 Å². The topological polar surface area (TPSA) is 83.5 Å². The number of aryl methyl sites for hydroxylation is 1. The quantitative estimate of drug-likeness (QED) is 0.610. The number of hydrogen-bond donors (Lipinski definition) is 1. The van der Waals surface area contributed by atoms with Crippen molar-refractivity contribution >= 4 is 33.0 Å². The molecule has 0 bridgehead atoms. The fourth-order valence-corrected chi connectivity index (χ4v) is 4.36. The van der Waals surface area contributed by atoms with Gasteiger partial charge in [0.25, 0.3) is 5.91 Å². The molecule has 160 valence electrons. The van der Waals surface area contributed by atoms with Crippen molar-refractivity contribution in [3.8, 4) is 0 Å². The van der Waals surface area contributed by atoms with Gasteiger partial charge >= 0.3 is 0 Å². The lowest BCUT2D eigenvalue weighted by Crippen LogP contribution is -2.26. The Hall–Kier alpha value is -3.45. The minimum absolute atomic E-state index is 0.248. The Labute approximate surface area is 182 Å². The third kappa shape index (κ3) is 6.26. The van der Waals surface area contributed by atoms with Crippen LogP contribution in [0.15, 0.2) is 78.9 Å². The molecule has 0 aliphatic rings. The summed E-state index contributed by atoms with van der Waals surface area (Å²) in [5, 5.41) is 2.59. The number of anilines is 2.